The molecule has 1 fully saturated rings. The summed E-state index contributed by atoms with van der Waals surface area (Å²) in [5.41, 5.74) is 1.88. The van der Waals surface area contributed by atoms with Crippen LogP contribution in [0.25, 0.3) is 11.3 Å². The maximum atomic E-state index is 12.5. The van der Waals surface area contributed by atoms with Crippen LogP contribution in [0.3, 0.4) is 0 Å². The molecule has 1 aliphatic heterocycles. The molecule has 1 saturated heterocycles. The molecule has 0 spiro atoms. The smallest absolute Gasteiger partial charge is 0.230 e. The Bertz CT molecular complexity index is 908. The Morgan fingerprint density at radius 3 is 2.74 bits per heavy atom. The quantitative estimate of drug-likeness (QED) is 0.766. The molecular weight excluding hydrogens is 342 g/mol. The van der Waals surface area contributed by atoms with Crippen LogP contribution in [0.15, 0.2) is 53.1 Å². The van der Waals surface area contributed by atoms with Gasteiger partial charge in [0.2, 0.25) is 5.91 Å². The van der Waals surface area contributed by atoms with E-state index in [9.17, 15) is 4.79 Å². The van der Waals surface area contributed by atoms with Gasteiger partial charge in [-0.2, -0.15) is 0 Å². The molecular formula is C20H21N5O2. The first-order valence-electron chi connectivity index (χ1n) is 9.07. The van der Waals surface area contributed by atoms with Crippen molar-refractivity contribution in [1.29, 1.82) is 0 Å². The molecule has 1 unspecified atom stereocenters. The van der Waals surface area contributed by atoms with Crippen molar-refractivity contribution in [3.05, 3.63) is 54.3 Å². The third-order valence-electron chi connectivity index (χ3n) is 4.72. The van der Waals surface area contributed by atoms with Crippen molar-refractivity contribution in [2.75, 3.05) is 23.3 Å². The van der Waals surface area contributed by atoms with Crippen molar-refractivity contribution < 1.29 is 9.32 Å². The summed E-state index contributed by atoms with van der Waals surface area (Å²) in [5.74, 6) is 1.77. The van der Waals surface area contributed by atoms with Gasteiger partial charge >= 0.3 is 0 Å². The van der Waals surface area contributed by atoms with Gasteiger partial charge in [-0.25, -0.2) is 0 Å². The van der Waals surface area contributed by atoms with E-state index < -0.39 is 0 Å². The number of amides is 1. The molecule has 0 aliphatic carbocycles. The minimum Gasteiger partial charge on any atom is -0.360 e. The lowest BCUT2D eigenvalue weighted by Gasteiger charge is -2.32. The molecule has 0 saturated carbocycles. The minimum absolute atomic E-state index is 0.0399. The van der Waals surface area contributed by atoms with Crippen LogP contribution >= 0.6 is 0 Å². The van der Waals surface area contributed by atoms with E-state index in [0.29, 0.717) is 18.1 Å². The fourth-order valence-corrected chi connectivity index (χ4v) is 3.31. The van der Waals surface area contributed by atoms with Gasteiger partial charge in [0.05, 0.1) is 11.6 Å². The summed E-state index contributed by atoms with van der Waals surface area (Å²) in [7, 11) is 0. The van der Waals surface area contributed by atoms with Gasteiger partial charge in [-0.1, -0.05) is 35.5 Å². The number of nitrogens with zero attached hydrogens (tertiary/aromatic N) is 4. The minimum atomic E-state index is -0.119. The van der Waals surface area contributed by atoms with Gasteiger partial charge in [0, 0.05) is 24.7 Å². The molecule has 2 aromatic heterocycles. The van der Waals surface area contributed by atoms with E-state index in [0.717, 1.165) is 36.5 Å². The van der Waals surface area contributed by atoms with Crippen LogP contribution in [-0.2, 0) is 4.79 Å². The van der Waals surface area contributed by atoms with E-state index in [4.69, 9.17) is 4.52 Å². The van der Waals surface area contributed by atoms with Crippen molar-refractivity contribution in [2.24, 2.45) is 5.92 Å². The predicted molar refractivity (Wildman–Crippen MR) is 102 cm³/mol. The summed E-state index contributed by atoms with van der Waals surface area (Å²) < 4.78 is 5.00. The highest BCUT2D eigenvalue weighted by atomic mass is 16.5. The van der Waals surface area contributed by atoms with Crippen molar-refractivity contribution in [3.63, 3.8) is 0 Å². The molecule has 3 aromatic rings. The van der Waals surface area contributed by atoms with Crippen LogP contribution in [0.5, 0.6) is 0 Å². The maximum Gasteiger partial charge on any atom is 0.230 e. The molecule has 7 heteroatoms. The number of benzene rings is 1. The average molecular weight is 363 g/mol. The second-order valence-corrected chi connectivity index (χ2v) is 6.74. The third kappa shape index (κ3) is 3.97. The van der Waals surface area contributed by atoms with Crippen molar-refractivity contribution in [1.82, 2.24) is 15.4 Å². The summed E-state index contributed by atoms with van der Waals surface area (Å²) in [5, 5.41) is 15.4. The van der Waals surface area contributed by atoms with Gasteiger partial charge in [-0.15, -0.1) is 10.2 Å². The second kappa shape index (κ2) is 7.57. The number of aromatic nitrogens is 3. The van der Waals surface area contributed by atoms with Crippen LogP contribution < -0.4 is 10.2 Å². The first-order valence-corrected chi connectivity index (χ1v) is 9.07. The van der Waals surface area contributed by atoms with Crippen molar-refractivity contribution >= 4 is 17.5 Å². The van der Waals surface area contributed by atoms with Crippen LogP contribution in [0.4, 0.5) is 11.6 Å². The number of carbonyl (C=O) groups is 1. The molecule has 1 N–H and O–H groups in total. The number of carbonyl (C=O) groups excluding carboxylic acids is 1. The van der Waals surface area contributed by atoms with Crippen LogP contribution in [-0.4, -0.2) is 34.4 Å². The van der Waals surface area contributed by atoms with Crippen molar-refractivity contribution in [2.45, 2.75) is 19.8 Å². The first kappa shape index (κ1) is 17.2. The molecule has 1 amide bonds. The van der Waals surface area contributed by atoms with E-state index in [1.807, 2.05) is 42.5 Å². The van der Waals surface area contributed by atoms with E-state index in [-0.39, 0.29) is 11.8 Å². The standard InChI is InChI=1S/C20H21N5O2/c1-14-12-18(24-27-14)21-20(26)16-8-5-11-25(13-16)19-10-9-17(22-23-19)15-6-3-2-4-7-15/h2-4,6-7,9-10,12,16H,5,8,11,13H2,1H3,(H,21,24,26). The van der Waals surface area contributed by atoms with E-state index in [1.165, 1.54) is 0 Å². The van der Waals surface area contributed by atoms with E-state index in [1.54, 1.807) is 13.0 Å². The highest BCUT2D eigenvalue weighted by molar-refractivity contribution is 5.92. The lowest BCUT2D eigenvalue weighted by molar-refractivity contribution is -0.120. The number of anilines is 2. The molecule has 27 heavy (non-hydrogen) atoms. The zero-order valence-corrected chi connectivity index (χ0v) is 15.1. The fourth-order valence-electron chi connectivity index (χ4n) is 3.31. The zero-order valence-electron chi connectivity index (χ0n) is 15.1. The first-order chi connectivity index (χ1) is 13.2. The van der Waals surface area contributed by atoms with Gasteiger partial charge in [-0.3, -0.25) is 4.79 Å². The number of aryl methyl sites for hydroxylation is 1. The monoisotopic (exact) mass is 363 g/mol. The Hall–Kier alpha value is -3.22. The highest BCUT2D eigenvalue weighted by Crippen LogP contribution is 2.24. The molecule has 3 heterocycles. The fraction of sp³-hybridized carbons (Fsp3) is 0.300. The Balaban J connectivity index is 1.42. The SMILES string of the molecule is Cc1cc(NC(=O)C2CCCN(c3ccc(-c4ccccc4)nn3)C2)no1. The Labute approximate surface area is 157 Å². The van der Waals surface area contributed by atoms with E-state index in [2.05, 4.69) is 25.6 Å². The summed E-state index contributed by atoms with van der Waals surface area (Å²) in [6, 6.07) is 15.6. The Morgan fingerprint density at radius 1 is 1.19 bits per heavy atom. The number of piperidine rings is 1. The van der Waals surface area contributed by atoms with Crippen LogP contribution in [0, 0.1) is 12.8 Å². The van der Waals surface area contributed by atoms with Crippen LogP contribution in [0.2, 0.25) is 0 Å². The van der Waals surface area contributed by atoms with Gasteiger partial charge in [0.15, 0.2) is 11.6 Å². The molecule has 138 valence electrons. The van der Waals surface area contributed by atoms with E-state index >= 15 is 0 Å². The van der Waals surface area contributed by atoms with Crippen LogP contribution in [0.1, 0.15) is 18.6 Å². The Morgan fingerprint density at radius 2 is 2.04 bits per heavy atom. The number of hydrogen-bond acceptors (Lipinski definition) is 6. The largest absolute Gasteiger partial charge is 0.360 e. The molecule has 0 radical (unpaired) electrons. The summed E-state index contributed by atoms with van der Waals surface area (Å²) >= 11 is 0. The third-order valence-corrected chi connectivity index (χ3v) is 4.72. The normalized spacial score (nSPS) is 16.9. The molecule has 1 aromatic carbocycles. The lowest BCUT2D eigenvalue weighted by atomic mass is 9.97. The predicted octanol–water partition coefficient (Wildman–Crippen LogP) is 3.30. The maximum absolute atomic E-state index is 12.5. The molecule has 0 bridgehead atoms. The number of rotatable bonds is 4. The highest BCUT2D eigenvalue weighted by Gasteiger charge is 2.27. The summed E-state index contributed by atoms with van der Waals surface area (Å²) in [4.78, 5) is 14.7. The van der Waals surface area contributed by atoms with Crippen molar-refractivity contribution in [3.8, 4) is 11.3 Å². The van der Waals surface area contributed by atoms with Gasteiger partial charge in [0.25, 0.3) is 0 Å². The zero-order chi connectivity index (χ0) is 18.6. The number of nitrogens with one attached hydrogen (secondary N) is 1. The molecule has 4 rings (SSSR count). The molecule has 1 atom stereocenters. The summed E-state index contributed by atoms with van der Waals surface area (Å²) in [6.07, 6.45) is 1.77. The van der Waals surface area contributed by atoms with Gasteiger partial charge in [-0.05, 0) is 31.9 Å². The Kier molecular flexibility index (Phi) is 4.82. The topological polar surface area (TPSA) is 84.2 Å². The van der Waals surface area contributed by atoms with Gasteiger partial charge in [0.1, 0.15) is 5.76 Å². The second-order valence-electron chi connectivity index (χ2n) is 6.74. The molecule has 1 aliphatic rings. The lowest BCUT2D eigenvalue weighted by Crippen LogP contribution is -2.41. The summed E-state index contributed by atoms with van der Waals surface area (Å²) in [6.45, 7) is 3.27. The average Bonchev–Trinajstić information content (AvgIpc) is 3.13. The van der Waals surface area contributed by atoms with Gasteiger partial charge < -0.3 is 14.7 Å². The molecule has 7 nitrogen and oxygen atoms in total. The number of hydrogen-bond donors (Lipinski definition) is 1.